The van der Waals surface area contributed by atoms with Gasteiger partial charge in [0, 0.05) is 25.6 Å². The van der Waals surface area contributed by atoms with E-state index in [2.05, 4.69) is 12.0 Å². The van der Waals surface area contributed by atoms with E-state index in [1.807, 2.05) is 11.6 Å². The second kappa shape index (κ2) is 6.73. The molecule has 108 valence electrons. The van der Waals surface area contributed by atoms with Crippen LogP contribution >= 0.6 is 11.6 Å². The highest BCUT2D eigenvalue weighted by Gasteiger charge is 2.19. The summed E-state index contributed by atoms with van der Waals surface area (Å²) < 4.78 is 7.59. The van der Waals surface area contributed by atoms with E-state index in [0.29, 0.717) is 6.10 Å². The predicted molar refractivity (Wildman–Crippen MR) is 77.5 cm³/mol. The molecule has 0 aliphatic carbocycles. The van der Waals surface area contributed by atoms with Crippen molar-refractivity contribution in [1.29, 1.82) is 0 Å². The first-order chi connectivity index (χ1) is 9.11. The van der Waals surface area contributed by atoms with E-state index < -0.39 is 0 Å². The summed E-state index contributed by atoms with van der Waals surface area (Å²) in [6.07, 6.45) is 5.61. The largest absolute Gasteiger partial charge is 0.378 e. The number of nitrogens with two attached hydrogens (primary N) is 1. The van der Waals surface area contributed by atoms with Gasteiger partial charge in [-0.3, -0.25) is 4.68 Å². The molecular weight excluding hydrogens is 262 g/mol. The zero-order valence-corrected chi connectivity index (χ0v) is 12.6. The summed E-state index contributed by atoms with van der Waals surface area (Å²) >= 11 is 6.30. The van der Waals surface area contributed by atoms with Crippen LogP contribution in [0.2, 0.25) is 5.02 Å². The molecule has 1 fully saturated rings. The zero-order valence-electron chi connectivity index (χ0n) is 11.9. The van der Waals surface area contributed by atoms with Crippen LogP contribution in [0.15, 0.2) is 0 Å². The molecule has 4 nitrogen and oxygen atoms in total. The maximum Gasteiger partial charge on any atom is 0.0847 e. The molecule has 2 heterocycles. The Kier molecular flexibility index (Phi) is 5.25. The molecule has 2 N–H and O–H groups in total. The summed E-state index contributed by atoms with van der Waals surface area (Å²) in [7, 11) is 0. The minimum atomic E-state index is 0.128. The third-order valence-electron chi connectivity index (χ3n) is 3.79. The lowest BCUT2D eigenvalue weighted by atomic mass is 10.0. The van der Waals surface area contributed by atoms with Gasteiger partial charge in [0.15, 0.2) is 0 Å². The van der Waals surface area contributed by atoms with E-state index >= 15 is 0 Å². The lowest BCUT2D eigenvalue weighted by molar-refractivity contribution is 0.101. The first-order valence-electron chi connectivity index (χ1n) is 7.20. The van der Waals surface area contributed by atoms with Gasteiger partial charge in [-0.2, -0.15) is 5.10 Å². The monoisotopic (exact) mass is 285 g/mol. The van der Waals surface area contributed by atoms with Crippen LogP contribution in [0.3, 0.4) is 0 Å². The van der Waals surface area contributed by atoms with Gasteiger partial charge in [-0.15, -0.1) is 0 Å². The van der Waals surface area contributed by atoms with Crippen LogP contribution in [0, 0.1) is 6.92 Å². The average Bonchev–Trinajstić information content (AvgIpc) is 3.00. The second-order valence-corrected chi connectivity index (χ2v) is 5.72. The fourth-order valence-corrected chi connectivity index (χ4v) is 2.90. The van der Waals surface area contributed by atoms with Crippen LogP contribution < -0.4 is 5.73 Å². The molecule has 0 saturated carbocycles. The molecule has 1 aliphatic heterocycles. The van der Waals surface area contributed by atoms with E-state index in [1.165, 1.54) is 12.8 Å². The summed E-state index contributed by atoms with van der Waals surface area (Å²) in [6.45, 7) is 5.76. The minimum Gasteiger partial charge on any atom is -0.378 e. The Hall–Kier alpha value is -0.580. The number of ether oxygens (including phenoxy) is 1. The van der Waals surface area contributed by atoms with E-state index in [1.54, 1.807) is 0 Å². The Bertz CT molecular complexity index is 413. The van der Waals surface area contributed by atoms with Gasteiger partial charge in [0.25, 0.3) is 0 Å². The highest BCUT2D eigenvalue weighted by atomic mass is 35.5. The van der Waals surface area contributed by atoms with Gasteiger partial charge >= 0.3 is 0 Å². The Morgan fingerprint density at radius 3 is 3.00 bits per heavy atom. The highest BCUT2D eigenvalue weighted by molar-refractivity contribution is 6.31. The Morgan fingerprint density at radius 1 is 1.58 bits per heavy atom. The highest BCUT2D eigenvalue weighted by Crippen LogP contribution is 2.23. The maximum absolute atomic E-state index is 6.30. The van der Waals surface area contributed by atoms with Gasteiger partial charge in [0.2, 0.25) is 0 Å². The van der Waals surface area contributed by atoms with Crippen molar-refractivity contribution in [2.75, 3.05) is 6.61 Å². The normalized spacial score (nSPS) is 20.9. The number of aromatic nitrogens is 2. The summed E-state index contributed by atoms with van der Waals surface area (Å²) in [5, 5.41) is 5.20. The van der Waals surface area contributed by atoms with Crippen molar-refractivity contribution in [3.05, 3.63) is 16.4 Å². The molecule has 2 atom stereocenters. The molecule has 0 aromatic carbocycles. The fourth-order valence-electron chi connectivity index (χ4n) is 2.69. The Labute approximate surface area is 120 Å². The fraction of sp³-hybridized carbons (Fsp3) is 0.786. The lowest BCUT2D eigenvalue weighted by Gasteiger charge is -2.15. The van der Waals surface area contributed by atoms with Crippen molar-refractivity contribution in [3.63, 3.8) is 0 Å². The first kappa shape index (κ1) is 14.8. The van der Waals surface area contributed by atoms with Gasteiger partial charge in [0.1, 0.15) is 0 Å². The van der Waals surface area contributed by atoms with E-state index in [4.69, 9.17) is 22.1 Å². The standard InChI is InChI=1S/C14H24ClN3O/c1-3-18-13(14(15)10(2)17-18)9-11(16)6-7-12-5-4-8-19-12/h11-12H,3-9,16H2,1-2H3. The predicted octanol–water partition coefficient (Wildman–Crippen LogP) is 2.69. The molecule has 5 heteroatoms. The molecule has 1 aromatic heterocycles. The third kappa shape index (κ3) is 3.71. The Balaban J connectivity index is 1.88. The molecule has 2 rings (SSSR count). The van der Waals surface area contributed by atoms with Crippen LogP contribution in [0.4, 0.5) is 0 Å². The number of rotatable bonds is 6. The zero-order chi connectivity index (χ0) is 13.8. The maximum atomic E-state index is 6.30. The summed E-state index contributed by atoms with van der Waals surface area (Å²) in [5.41, 5.74) is 8.19. The van der Waals surface area contributed by atoms with Crippen molar-refractivity contribution in [3.8, 4) is 0 Å². The van der Waals surface area contributed by atoms with Crippen molar-refractivity contribution in [1.82, 2.24) is 9.78 Å². The van der Waals surface area contributed by atoms with Gasteiger partial charge in [-0.25, -0.2) is 0 Å². The molecule has 2 unspecified atom stereocenters. The van der Waals surface area contributed by atoms with Crippen LogP contribution in [0.1, 0.15) is 44.0 Å². The molecule has 0 bridgehead atoms. The summed E-state index contributed by atoms with van der Waals surface area (Å²) in [4.78, 5) is 0. The number of hydrogen-bond acceptors (Lipinski definition) is 3. The van der Waals surface area contributed by atoms with Crippen LogP contribution in [0.5, 0.6) is 0 Å². The number of halogens is 1. The molecule has 1 aliphatic rings. The van der Waals surface area contributed by atoms with Crippen LogP contribution in [-0.4, -0.2) is 28.5 Å². The van der Waals surface area contributed by atoms with Gasteiger partial charge in [-0.05, 0) is 39.5 Å². The number of hydrogen-bond donors (Lipinski definition) is 1. The second-order valence-electron chi connectivity index (χ2n) is 5.34. The van der Waals surface area contributed by atoms with Gasteiger partial charge < -0.3 is 10.5 Å². The van der Waals surface area contributed by atoms with Crippen molar-refractivity contribution >= 4 is 11.6 Å². The van der Waals surface area contributed by atoms with Crippen LogP contribution in [-0.2, 0) is 17.7 Å². The first-order valence-corrected chi connectivity index (χ1v) is 7.58. The van der Waals surface area contributed by atoms with Crippen molar-refractivity contribution < 1.29 is 4.74 Å². The average molecular weight is 286 g/mol. The topological polar surface area (TPSA) is 53.1 Å². The number of nitrogens with zero attached hydrogens (tertiary/aromatic N) is 2. The molecular formula is C14H24ClN3O. The summed E-state index contributed by atoms with van der Waals surface area (Å²) in [6, 6.07) is 0.128. The molecule has 0 radical (unpaired) electrons. The molecule has 0 amide bonds. The van der Waals surface area contributed by atoms with Crippen molar-refractivity contribution in [2.24, 2.45) is 5.73 Å². The summed E-state index contributed by atoms with van der Waals surface area (Å²) in [5.74, 6) is 0. The molecule has 1 saturated heterocycles. The molecule has 19 heavy (non-hydrogen) atoms. The Morgan fingerprint density at radius 2 is 2.37 bits per heavy atom. The SMILES string of the molecule is CCn1nc(C)c(Cl)c1CC(N)CCC1CCCO1. The van der Waals surface area contributed by atoms with E-state index in [-0.39, 0.29) is 6.04 Å². The minimum absolute atomic E-state index is 0.128. The van der Waals surface area contributed by atoms with E-state index in [0.717, 1.165) is 48.8 Å². The van der Waals surface area contributed by atoms with Crippen molar-refractivity contribution in [2.45, 2.75) is 64.6 Å². The molecule has 0 spiro atoms. The van der Waals surface area contributed by atoms with Crippen LogP contribution in [0.25, 0.3) is 0 Å². The van der Waals surface area contributed by atoms with E-state index in [9.17, 15) is 0 Å². The quantitative estimate of drug-likeness (QED) is 0.874. The molecule has 1 aromatic rings. The smallest absolute Gasteiger partial charge is 0.0847 e. The van der Waals surface area contributed by atoms with Gasteiger partial charge in [0.05, 0.1) is 22.5 Å². The lowest BCUT2D eigenvalue weighted by Crippen LogP contribution is -2.26. The third-order valence-corrected chi connectivity index (χ3v) is 4.28. The van der Waals surface area contributed by atoms with Gasteiger partial charge in [-0.1, -0.05) is 11.6 Å². The number of aryl methyl sites for hydroxylation is 2.